The maximum absolute atomic E-state index is 4.51. The molecule has 0 aromatic heterocycles. The van der Waals surface area contributed by atoms with E-state index in [1.807, 2.05) is 6.21 Å². The molecule has 0 saturated heterocycles. The van der Waals surface area contributed by atoms with Gasteiger partial charge in [-0.1, -0.05) is 44.2 Å². The molecule has 1 heteroatoms. The molecule has 2 aliphatic rings. The lowest BCUT2D eigenvalue weighted by Crippen LogP contribution is -2.07. The van der Waals surface area contributed by atoms with Gasteiger partial charge in [-0.25, -0.2) is 0 Å². The first kappa shape index (κ1) is 9.20. The highest BCUT2D eigenvalue weighted by molar-refractivity contribution is 5.72. The predicted octanol–water partition coefficient (Wildman–Crippen LogP) is 3.42. The van der Waals surface area contributed by atoms with E-state index in [9.17, 15) is 0 Å². The maximum Gasteiger partial charge on any atom is 0.0695 e. The maximum atomic E-state index is 4.51. The zero-order chi connectivity index (χ0) is 10.0. The van der Waals surface area contributed by atoms with Gasteiger partial charge in [0, 0.05) is 11.6 Å². The van der Waals surface area contributed by atoms with Crippen molar-refractivity contribution in [3.63, 3.8) is 0 Å². The second kappa shape index (κ2) is 3.41. The van der Waals surface area contributed by atoms with Gasteiger partial charge in [-0.2, -0.15) is 0 Å². The topological polar surface area (TPSA) is 12.4 Å². The Balaban J connectivity index is 2.45. The van der Waals surface area contributed by atoms with E-state index in [1.54, 1.807) is 0 Å². The normalized spacial score (nSPS) is 23.3. The van der Waals surface area contributed by atoms with Crippen molar-refractivity contribution in [1.82, 2.24) is 0 Å². The molecule has 0 atom stereocenters. The third-order valence-electron chi connectivity index (χ3n) is 2.39. The van der Waals surface area contributed by atoms with E-state index < -0.39 is 0 Å². The standard InChI is InChI=1S/C13H15N/c1-13(2)9-8-11-6-4-3-5-7-12(11)14-10-13/h3,5-10H,4H2,1-2H3. The third-order valence-corrected chi connectivity index (χ3v) is 2.39. The van der Waals surface area contributed by atoms with E-state index in [0.29, 0.717) is 0 Å². The molecule has 72 valence electrons. The van der Waals surface area contributed by atoms with Crippen LogP contribution in [0.2, 0.25) is 0 Å². The van der Waals surface area contributed by atoms with Crippen molar-refractivity contribution in [2.24, 2.45) is 10.4 Å². The van der Waals surface area contributed by atoms with Gasteiger partial charge in [0.15, 0.2) is 0 Å². The number of fused-ring (bicyclic) bond motifs is 1. The molecule has 1 aliphatic carbocycles. The SMILES string of the molecule is CC1(C)C=CC2=CCC=CC=C2N=C1. The van der Waals surface area contributed by atoms with E-state index in [1.165, 1.54) is 5.57 Å². The largest absolute Gasteiger partial charge is 0.260 e. The van der Waals surface area contributed by atoms with E-state index in [0.717, 1.165) is 12.1 Å². The molecule has 1 nitrogen and oxygen atoms in total. The number of hydrogen-bond acceptors (Lipinski definition) is 1. The number of nitrogens with zero attached hydrogens (tertiary/aromatic N) is 1. The van der Waals surface area contributed by atoms with Gasteiger partial charge in [0.25, 0.3) is 0 Å². The molecule has 0 radical (unpaired) electrons. The number of allylic oxidation sites excluding steroid dienone is 6. The van der Waals surface area contributed by atoms with Gasteiger partial charge in [0.05, 0.1) is 5.70 Å². The third kappa shape index (κ3) is 1.92. The smallest absolute Gasteiger partial charge is 0.0695 e. The van der Waals surface area contributed by atoms with Crippen molar-refractivity contribution in [2.45, 2.75) is 20.3 Å². The van der Waals surface area contributed by atoms with Crippen molar-refractivity contribution >= 4 is 6.21 Å². The Labute approximate surface area is 85.2 Å². The minimum Gasteiger partial charge on any atom is -0.260 e. The van der Waals surface area contributed by atoms with E-state index in [4.69, 9.17) is 0 Å². The summed E-state index contributed by atoms with van der Waals surface area (Å²) < 4.78 is 0. The first-order valence-electron chi connectivity index (χ1n) is 4.99. The Morgan fingerprint density at radius 2 is 2.21 bits per heavy atom. The molecular weight excluding hydrogens is 170 g/mol. The van der Waals surface area contributed by atoms with Crippen LogP contribution in [0.3, 0.4) is 0 Å². The highest BCUT2D eigenvalue weighted by Crippen LogP contribution is 2.25. The average molecular weight is 185 g/mol. The molecule has 0 N–H and O–H groups in total. The van der Waals surface area contributed by atoms with Gasteiger partial charge in [-0.15, -0.1) is 0 Å². The summed E-state index contributed by atoms with van der Waals surface area (Å²) in [5.41, 5.74) is 2.37. The Bertz CT molecular complexity index is 376. The van der Waals surface area contributed by atoms with Gasteiger partial charge < -0.3 is 0 Å². The summed E-state index contributed by atoms with van der Waals surface area (Å²) in [5, 5.41) is 0. The fraction of sp³-hybridized carbons (Fsp3) is 0.308. The monoisotopic (exact) mass is 185 g/mol. The summed E-state index contributed by atoms with van der Waals surface area (Å²) in [4.78, 5) is 4.51. The molecule has 2 rings (SSSR count). The molecule has 14 heavy (non-hydrogen) atoms. The Morgan fingerprint density at radius 1 is 1.36 bits per heavy atom. The molecular formula is C13H15N. The number of rotatable bonds is 0. The summed E-state index contributed by atoms with van der Waals surface area (Å²) in [6.45, 7) is 4.32. The van der Waals surface area contributed by atoms with Crippen LogP contribution in [0.1, 0.15) is 20.3 Å². The van der Waals surface area contributed by atoms with Crippen LogP contribution in [-0.4, -0.2) is 6.21 Å². The van der Waals surface area contributed by atoms with Gasteiger partial charge >= 0.3 is 0 Å². The summed E-state index contributed by atoms with van der Waals surface area (Å²) >= 11 is 0. The second-order valence-corrected chi connectivity index (χ2v) is 4.29. The van der Waals surface area contributed by atoms with Crippen molar-refractivity contribution in [3.8, 4) is 0 Å². The average Bonchev–Trinajstić information content (AvgIpc) is 2.42. The molecule has 0 amide bonds. The predicted molar refractivity (Wildman–Crippen MR) is 61.3 cm³/mol. The van der Waals surface area contributed by atoms with Crippen LogP contribution in [0.5, 0.6) is 0 Å². The van der Waals surface area contributed by atoms with E-state index >= 15 is 0 Å². The molecule has 0 saturated carbocycles. The van der Waals surface area contributed by atoms with Crippen LogP contribution in [-0.2, 0) is 0 Å². The Morgan fingerprint density at radius 3 is 3.07 bits per heavy atom. The van der Waals surface area contributed by atoms with Crippen LogP contribution in [0.25, 0.3) is 0 Å². The molecule has 0 fully saturated rings. The lowest BCUT2D eigenvalue weighted by Gasteiger charge is -2.10. The van der Waals surface area contributed by atoms with E-state index in [-0.39, 0.29) is 5.41 Å². The number of hydrogen-bond donors (Lipinski definition) is 0. The zero-order valence-corrected chi connectivity index (χ0v) is 8.70. The molecule has 0 aromatic rings. The van der Waals surface area contributed by atoms with Gasteiger partial charge in [-0.05, 0) is 18.1 Å². The molecule has 1 aliphatic heterocycles. The van der Waals surface area contributed by atoms with Gasteiger partial charge in [0.1, 0.15) is 0 Å². The second-order valence-electron chi connectivity index (χ2n) is 4.29. The summed E-state index contributed by atoms with van der Waals surface area (Å²) in [6, 6.07) is 0. The van der Waals surface area contributed by atoms with Gasteiger partial charge in [0.2, 0.25) is 0 Å². The van der Waals surface area contributed by atoms with E-state index in [2.05, 4.69) is 55.3 Å². The molecule has 0 spiro atoms. The summed E-state index contributed by atoms with van der Waals surface area (Å²) in [6.07, 6.45) is 15.9. The van der Waals surface area contributed by atoms with Crippen LogP contribution in [0, 0.1) is 5.41 Å². The highest BCUT2D eigenvalue weighted by Gasteiger charge is 2.14. The fourth-order valence-electron chi connectivity index (χ4n) is 1.49. The lowest BCUT2D eigenvalue weighted by molar-refractivity contribution is 0.695. The quantitative estimate of drug-likeness (QED) is 0.548. The van der Waals surface area contributed by atoms with Crippen LogP contribution < -0.4 is 0 Å². The van der Waals surface area contributed by atoms with Crippen molar-refractivity contribution in [1.29, 1.82) is 0 Å². The highest BCUT2D eigenvalue weighted by atomic mass is 14.7. The van der Waals surface area contributed by atoms with Crippen molar-refractivity contribution in [2.75, 3.05) is 0 Å². The van der Waals surface area contributed by atoms with Crippen molar-refractivity contribution in [3.05, 3.63) is 47.7 Å². The molecule has 0 aromatic carbocycles. The first-order valence-corrected chi connectivity index (χ1v) is 4.99. The summed E-state index contributed by atoms with van der Waals surface area (Å²) in [5.74, 6) is 0. The van der Waals surface area contributed by atoms with Crippen LogP contribution in [0.15, 0.2) is 52.7 Å². The molecule has 0 unspecified atom stereocenters. The number of aliphatic imine (C=N–C) groups is 1. The molecule has 1 heterocycles. The zero-order valence-electron chi connectivity index (χ0n) is 8.70. The van der Waals surface area contributed by atoms with Crippen LogP contribution in [0.4, 0.5) is 0 Å². The lowest BCUT2D eigenvalue weighted by atomic mass is 9.95. The Hall–Kier alpha value is -1.37. The van der Waals surface area contributed by atoms with Crippen molar-refractivity contribution < 1.29 is 0 Å². The molecule has 0 bridgehead atoms. The van der Waals surface area contributed by atoms with Crippen LogP contribution >= 0.6 is 0 Å². The minimum absolute atomic E-state index is 0.0671. The minimum atomic E-state index is 0.0671. The first-order chi connectivity index (χ1) is 6.67. The Kier molecular flexibility index (Phi) is 2.24. The van der Waals surface area contributed by atoms with Gasteiger partial charge in [-0.3, -0.25) is 4.99 Å². The summed E-state index contributed by atoms with van der Waals surface area (Å²) in [7, 11) is 0. The fourth-order valence-corrected chi connectivity index (χ4v) is 1.49.